The predicted octanol–water partition coefficient (Wildman–Crippen LogP) is 4.01. The Morgan fingerprint density at radius 1 is 0.966 bits per heavy atom. The third-order valence-corrected chi connectivity index (χ3v) is 5.64. The van der Waals surface area contributed by atoms with Crippen LogP contribution in [0.1, 0.15) is 27.2 Å². The highest BCUT2D eigenvalue weighted by Gasteiger charge is 2.18. The standard InChI is InChI=1S/C24H22N4O/c1-27-13-19-6-4-17(8-21(19)14-27)24(29)10-22-9-20-7-16(3-5-18(20)11-26-22)23-12-25-15-28(23)2/h3-9,11-12,15H,10,13-14H2,1-2H3. The summed E-state index contributed by atoms with van der Waals surface area (Å²) in [5.41, 5.74) is 6.29. The summed E-state index contributed by atoms with van der Waals surface area (Å²) in [5.74, 6) is 0.108. The number of fused-ring (bicyclic) bond motifs is 2. The Morgan fingerprint density at radius 2 is 1.83 bits per heavy atom. The molecule has 0 fully saturated rings. The summed E-state index contributed by atoms with van der Waals surface area (Å²) in [7, 11) is 4.08. The van der Waals surface area contributed by atoms with Crippen LogP contribution in [0, 0.1) is 0 Å². The Kier molecular flexibility index (Phi) is 4.25. The van der Waals surface area contributed by atoms with E-state index in [-0.39, 0.29) is 5.78 Å². The predicted molar refractivity (Wildman–Crippen MR) is 114 cm³/mol. The van der Waals surface area contributed by atoms with Crippen molar-refractivity contribution in [1.82, 2.24) is 19.4 Å². The van der Waals surface area contributed by atoms with E-state index in [9.17, 15) is 4.79 Å². The van der Waals surface area contributed by atoms with Crippen LogP contribution in [-0.4, -0.2) is 32.3 Å². The van der Waals surface area contributed by atoms with Crippen LogP contribution in [0.5, 0.6) is 0 Å². The molecular weight excluding hydrogens is 360 g/mol. The van der Waals surface area contributed by atoms with Gasteiger partial charge in [0.2, 0.25) is 0 Å². The van der Waals surface area contributed by atoms with Gasteiger partial charge in [-0.05, 0) is 41.8 Å². The van der Waals surface area contributed by atoms with Crippen molar-refractivity contribution < 1.29 is 4.79 Å². The number of carbonyl (C=O) groups is 1. The number of Topliss-reactive ketones (excluding diaryl/α,β-unsaturated/α-hetero) is 1. The third-order valence-electron chi connectivity index (χ3n) is 5.64. The number of rotatable bonds is 4. The van der Waals surface area contributed by atoms with Gasteiger partial charge in [0.1, 0.15) is 0 Å². The average Bonchev–Trinajstić information content (AvgIpc) is 3.31. The fourth-order valence-corrected chi connectivity index (χ4v) is 4.08. The van der Waals surface area contributed by atoms with Crippen LogP contribution in [0.2, 0.25) is 0 Å². The summed E-state index contributed by atoms with van der Waals surface area (Å²) in [6, 6.07) is 14.4. The van der Waals surface area contributed by atoms with E-state index < -0.39 is 0 Å². The van der Waals surface area contributed by atoms with E-state index in [1.165, 1.54) is 11.1 Å². The number of aromatic nitrogens is 3. The molecular formula is C24H22N4O. The monoisotopic (exact) mass is 382 g/mol. The largest absolute Gasteiger partial charge is 0.334 e. The van der Waals surface area contributed by atoms with Gasteiger partial charge in [0.25, 0.3) is 0 Å². The molecule has 0 spiro atoms. The topological polar surface area (TPSA) is 51.0 Å². The van der Waals surface area contributed by atoms with Crippen molar-refractivity contribution in [2.45, 2.75) is 19.5 Å². The summed E-state index contributed by atoms with van der Waals surface area (Å²) >= 11 is 0. The van der Waals surface area contributed by atoms with Gasteiger partial charge in [-0.15, -0.1) is 0 Å². The zero-order valence-corrected chi connectivity index (χ0v) is 16.6. The Labute approximate surface area is 169 Å². The molecule has 5 rings (SSSR count). The number of aryl methyl sites for hydroxylation is 1. The van der Waals surface area contributed by atoms with Crippen LogP contribution in [0.3, 0.4) is 0 Å². The fourth-order valence-electron chi connectivity index (χ4n) is 4.08. The van der Waals surface area contributed by atoms with E-state index in [0.717, 1.165) is 46.4 Å². The van der Waals surface area contributed by atoms with Gasteiger partial charge in [-0.1, -0.05) is 24.3 Å². The fraction of sp³-hybridized carbons (Fsp3) is 0.208. The van der Waals surface area contributed by atoms with Crippen LogP contribution < -0.4 is 0 Å². The first-order chi connectivity index (χ1) is 14.1. The normalized spacial score (nSPS) is 13.7. The Balaban J connectivity index is 1.42. The molecule has 5 heteroatoms. The first-order valence-electron chi connectivity index (χ1n) is 9.76. The molecule has 0 saturated heterocycles. The number of pyridine rings is 1. The molecule has 0 saturated carbocycles. The number of ketones is 1. The van der Waals surface area contributed by atoms with Crippen LogP contribution >= 0.6 is 0 Å². The average molecular weight is 382 g/mol. The Morgan fingerprint density at radius 3 is 2.66 bits per heavy atom. The smallest absolute Gasteiger partial charge is 0.168 e. The molecule has 0 bridgehead atoms. The minimum absolute atomic E-state index is 0.108. The molecule has 1 aliphatic heterocycles. The lowest BCUT2D eigenvalue weighted by molar-refractivity contribution is 0.0992. The number of benzene rings is 2. The first kappa shape index (κ1) is 17.8. The molecule has 0 N–H and O–H groups in total. The zero-order chi connectivity index (χ0) is 20.0. The summed E-state index contributed by atoms with van der Waals surface area (Å²) in [5, 5.41) is 2.14. The van der Waals surface area contributed by atoms with Gasteiger partial charge in [-0.2, -0.15) is 0 Å². The molecule has 0 amide bonds. The molecule has 144 valence electrons. The molecule has 29 heavy (non-hydrogen) atoms. The highest BCUT2D eigenvalue weighted by molar-refractivity contribution is 5.98. The molecule has 2 aromatic carbocycles. The number of nitrogens with zero attached hydrogens (tertiary/aromatic N) is 4. The molecule has 4 aromatic rings. The van der Waals surface area contributed by atoms with Crippen LogP contribution in [0.4, 0.5) is 0 Å². The molecule has 5 nitrogen and oxygen atoms in total. The SMILES string of the molecule is CN1Cc2ccc(C(=O)Cc3cc4cc(-c5cncn5C)ccc4cn3)cc2C1. The first-order valence-corrected chi connectivity index (χ1v) is 9.76. The van der Waals surface area contributed by atoms with E-state index in [2.05, 4.69) is 46.2 Å². The summed E-state index contributed by atoms with van der Waals surface area (Å²) in [4.78, 5) is 23.8. The van der Waals surface area contributed by atoms with Gasteiger partial charge in [0.15, 0.2) is 5.78 Å². The van der Waals surface area contributed by atoms with E-state index in [0.29, 0.717) is 6.42 Å². The van der Waals surface area contributed by atoms with Crippen LogP contribution in [0.15, 0.2) is 61.2 Å². The molecule has 0 atom stereocenters. The van der Waals surface area contributed by atoms with Crippen LogP contribution in [0.25, 0.3) is 22.0 Å². The van der Waals surface area contributed by atoms with E-state index in [4.69, 9.17) is 0 Å². The molecule has 0 unspecified atom stereocenters. The minimum atomic E-state index is 0.108. The minimum Gasteiger partial charge on any atom is -0.334 e. The lowest BCUT2D eigenvalue weighted by Gasteiger charge is -2.07. The molecule has 1 aliphatic rings. The van der Waals surface area contributed by atoms with Crippen molar-refractivity contribution in [3.8, 4) is 11.3 Å². The van der Waals surface area contributed by atoms with Gasteiger partial charge in [-0.25, -0.2) is 4.98 Å². The third kappa shape index (κ3) is 3.34. The van der Waals surface area contributed by atoms with E-state index >= 15 is 0 Å². The molecule has 0 aliphatic carbocycles. The van der Waals surface area contributed by atoms with Crippen molar-refractivity contribution in [2.75, 3.05) is 7.05 Å². The van der Waals surface area contributed by atoms with Crippen molar-refractivity contribution in [3.05, 3.63) is 83.6 Å². The van der Waals surface area contributed by atoms with Crippen molar-refractivity contribution in [3.63, 3.8) is 0 Å². The second kappa shape index (κ2) is 6.94. The summed E-state index contributed by atoms with van der Waals surface area (Å²) < 4.78 is 2.00. The Hall–Kier alpha value is -3.31. The second-order valence-electron chi connectivity index (χ2n) is 7.88. The highest BCUT2D eigenvalue weighted by atomic mass is 16.1. The van der Waals surface area contributed by atoms with E-state index in [1.807, 2.05) is 42.2 Å². The number of hydrogen-bond donors (Lipinski definition) is 0. The van der Waals surface area contributed by atoms with E-state index in [1.54, 1.807) is 6.33 Å². The number of carbonyl (C=O) groups excluding carboxylic acids is 1. The lowest BCUT2D eigenvalue weighted by Crippen LogP contribution is -2.07. The van der Waals surface area contributed by atoms with Gasteiger partial charge >= 0.3 is 0 Å². The van der Waals surface area contributed by atoms with Crippen molar-refractivity contribution >= 4 is 16.6 Å². The lowest BCUT2D eigenvalue weighted by atomic mass is 10.00. The maximum atomic E-state index is 12.9. The number of imidazole rings is 1. The summed E-state index contributed by atoms with van der Waals surface area (Å²) in [6.45, 7) is 1.86. The van der Waals surface area contributed by atoms with Gasteiger partial charge in [0, 0.05) is 48.5 Å². The van der Waals surface area contributed by atoms with Crippen molar-refractivity contribution in [2.24, 2.45) is 7.05 Å². The van der Waals surface area contributed by atoms with Gasteiger partial charge in [-0.3, -0.25) is 14.7 Å². The molecule has 2 aromatic heterocycles. The second-order valence-corrected chi connectivity index (χ2v) is 7.88. The maximum absolute atomic E-state index is 12.9. The number of hydrogen-bond acceptors (Lipinski definition) is 4. The van der Waals surface area contributed by atoms with Gasteiger partial charge < -0.3 is 4.57 Å². The zero-order valence-electron chi connectivity index (χ0n) is 16.6. The maximum Gasteiger partial charge on any atom is 0.168 e. The molecule has 3 heterocycles. The highest BCUT2D eigenvalue weighted by Crippen LogP contribution is 2.25. The van der Waals surface area contributed by atoms with Crippen molar-refractivity contribution in [1.29, 1.82) is 0 Å². The van der Waals surface area contributed by atoms with Gasteiger partial charge in [0.05, 0.1) is 24.6 Å². The molecule has 0 radical (unpaired) electrons. The quantitative estimate of drug-likeness (QED) is 0.501. The van der Waals surface area contributed by atoms with Crippen LogP contribution in [-0.2, 0) is 26.6 Å². The summed E-state index contributed by atoms with van der Waals surface area (Å²) in [6.07, 6.45) is 5.81. The Bertz CT molecular complexity index is 1240.